The molecule has 8 nitrogen and oxygen atoms in total. The van der Waals surface area contributed by atoms with Crippen LogP contribution in [0.1, 0.15) is 0 Å². The van der Waals surface area contributed by atoms with Crippen molar-refractivity contribution in [3.63, 3.8) is 0 Å². The first-order valence-corrected chi connectivity index (χ1v) is 4.44. The van der Waals surface area contributed by atoms with Gasteiger partial charge >= 0.3 is 41.3 Å². The van der Waals surface area contributed by atoms with E-state index in [0.717, 1.165) is 0 Å². The maximum atomic E-state index is 8.88. The highest BCUT2D eigenvalue weighted by Crippen LogP contribution is 2.25. The van der Waals surface area contributed by atoms with Crippen molar-refractivity contribution in [3.8, 4) is 0 Å². The summed E-state index contributed by atoms with van der Waals surface area (Å²) in [6.07, 6.45) is 0. The van der Waals surface area contributed by atoms with Crippen LogP contribution in [0.5, 0.6) is 0 Å². The van der Waals surface area contributed by atoms with Crippen LogP contribution in [0.2, 0.25) is 0 Å². The van der Waals surface area contributed by atoms with Crippen LogP contribution in [0.25, 0.3) is 0 Å². The average molecular weight is 222 g/mol. The van der Waals surface area contributed by atoms with Crippen molar-refractivity contribution in [2.45, 2.75) is 0 Å². The fourth-order valence-electron chi connectivity index (χ4n) is 0. The van der Waals surface area contributed by atoms with E-state index in [0.29, 0.717) is 0 Å². The van der Waals surface area contributed by atoms with E-state index in [1.807, 2.05) is 0 Å². The molecular weight excluding hydrogens is 215 g/mol. The summed E-state index contributed by atoms with van der Waals surface area (Å²) >= 11 is 0. The van der Waals surface area contributed by atoms with Gasteiger partial charge < -0.3 is 14.7 Å². The Hall–Kier alpha value is 0.746. The van der Waals surface area contributed by atoms with Gasteiger partial charge in [-0.05, 0) is 0 Å². The van der Waals surface area contributed by atoms with E-state index in [1.54, 1.807) is 0 Å². The van der Waals surface area contributed by atoms with Gasteiger partial charge in [-0.3, -0.25) is 9.11 Å². The molecule has 68 valence electrons. The molecule has 0 rings (SSSR count). The molecule has 0 fully saturated rings. The maximum Gasteiger partial charge on any atom is 0.466 e. The minimum absolute atomic E-state index is 0. The Kier molecular flexibility index (Phi) is 10.1. The molecule has 0 atom stereocenters. The second-order valence-electron chi connectivity index (χ2n) is 0.961. The lowest BCUT2D eigenvalue weighted by Crippen LogP contribution is -1.89. The molecule has 0 saturated heterocycles. The van der Waals surface area contributed by atoms with Crippen molar-refractivity contribution in [1.29, 1.82) is 0 Å². The standard InChI is InChI=1S/Mg.H3O4P.H2O4S.2H/c;2*1-5(2,3)4;;/h;(H3,1,2,3,4);(H2,1,2,3,4);;. The highest BCUT2D eigenvalue weighted by Gasteiger charge is 2.00. The zero-order valence-electron chi connectivity index (χ0n) is 4.32. The highest BCUT2D eigenvalue weighted by atomic mass is 32.3. The van der Waals surface area contributed by atoms with Crippen LogP contribution in [0.4, 0.5) is 0 Å². The van der Waals surface area contributed by atoms with E-state index in [1.165, 1.54) is 0 Å². The summed E-state index contributed by atoms with van der Waals surface area (Å²) < 4.78 is 40.5. The van der Waals surface area contributed by atoms with E-state index in [9.17, 15) is 0 Å². The van der Waals surface area contributed by atoms with E-state index in [2.05, 4.69) is 0 Å². The summed E-state index contributed by atoms with van der Waals surface area (Å²) in [5.74, 6) is 0. The Morgan fingerprint density at radius 3 is 1.00 bits per heavy atom. The zero-order chi connectivity index (χ0) is 9.00. The summed E-state index contributed by atoms with van der Waals surface area (Å²) in [5, 5.41) is 0. The second kappa shape index (κ2) is 6.28. The Morgan fingerprint density at radius 2 is 1.00 bits per heavy atom. The molecule has 0 heterocycles. The lowest BCUT2D eigenvalue weighted by molar-refractivity contribution is 0.275. The molecule has 11 heavy (non-hydrogen) atoms. The molecular formula is H7MgO8PS. The van der Waals surface area contributed by atoms with Gasteiger partial charge in [0.25, 0.3) is 0 Å². The maximum absolute atomic E-state index is 8.88. The van der Waals surface area contributed by atoms with Gasteiger partial charge in [0.15, 0.2) is 0 Å². The van der Waals surface area contributed by atoms with Gasteiger partial charge in [-0.15, -0.1) is 0 Å². The molecule has 0 aromatic rings. The molecule has 0 aromatic carbocycles. The van der Waals surface area contributed by atoms with Crippen LogP contribution in [0.3, 0.4) is 0 Å². The molecule has 0 aromatic heterocycles. The third kappa shape index (κ3) is 1480. The van der Waals surface area contributed by atoms with Crippen LogP contribution >= 0.6 is 7.82 Å². The summed E-state index contributed by atoms with van der Waals surface area (Å²) in [6.45, 7) is 0. The Bertz CT molecular complexity index is 192. The molecule has 5 N–H and O–H groups in total. The van der Waals surface area contributed by atoms with Crippen molar-refractivity contribution in [3.05, 3.63) is 0 Å². The normalized spacial score (nSPS) is 10.6. The predicted octanol–water partition coefficient (Wildman–Crippen LogP) is -2.50. The molecule has 11 heteroatoms. The molecule has 0 saturated carbocycles. The van der Waals surface area contributed by atoms with Crippen molar-refractivity contribution >= 4 is 41.3 Å². The minimum atomic E-state index is -4.67. The topological polar surface area (TPSA) is 152 Å². The fourth-order valence-corrected chi connectivity index (χ4v) is 0. The minimum Gasteiger partial charge on any atom is -0.303 e. The SMILES string of the molecule is O=P(O)(O)O.O=S(=O)(O)O.[MgH2]. The average Bonchev–Trinajstić information content (AvgIpc) is 1.12. The first-order chi connectivity index (χ1) is 4.00. The first-order valence-electron chi connectivity index (χ1n) is 1.48. The largest absolute Gasteiger partial charge is 0.466 e. The number of rotatable bonds is 0. The number of hydrogen-bond acceptors (Lipinski definition) is 3. The summed E-state index contributed by atoms with van der Waals surface area (Å²) in [4.78, 5) is 21.6. The van der Waals surface area contributed by atoms with E-state index in [4.69, 9.17) is 36.8 Å². The van der Waals surface area contributed by atoms with Gasteiger partial charge in [0.2, 0.25) is 0 Å². The molecule has 0 radical (unpaired) electrons. The summed E-state index contributed by atoms with van der Waals surface area (Å²) in [7, 11) is -9.31. The van der Waals surface area contributed by atoms with Crippen molar-refractivity contribution < 1.29 is 36.8 Å². The van der Waals surface area contributed by atoms with Gasteiger partial charge in [-0.1, -0.05) is 0 Å². The van der Waals surface area contributed by atoms with Crippen LogP contribution in [-0.2, 0) is 15.0 Å². The first kappa shape index (κ1) is 17.7. The zero-order valence-corrected chi connectivity index (χ0v) is 6.03. The van der Waals surface area contributed by atoms with Crippen molar-refractivity contribution in [2.75, 3.05) is 0 Å². The van der Waals surface area contributed by atoms with E-state index >= 15 is 0 Å². The van der Waals surface area contributed by atoms with Crippen LogP contribution in [0, 0.1) is 0 Å². The smallest absolute Gasteiger partial charge is 0.303 e. The molecule has 0 aliphatic carbocycles. The Balaban J connectivity index is -0.000000107. The van der Waals surface area contributed by atoms with Crippen LogP contribution in [0.15, 0.2) is 0 Å². The lowest BCUT2D eigenvalue weighted by atomic mass is 15.8. The molecule has 0 aliphatic heterocycles. The second-order valence-corrected chi connectivity index (χ2v) is 2.88. The van der Waals surface area contributed by atoms with Gasteiger partial charge in [-0.2, -0.15) is 8.42 Å². The highest BCUT2D eigenvalue weighted by molar-refractivity contribution is 7.79. The quantitative estimate of drug-likeness (QED) is 0.171. The van der Waals surface area contributed by atoms with Crippen molar-refractivity contribution in [1.82, 2.24) is 0 Å². The molecule has 0 aliphatic rings. The monoisotopic (exact) mass is 222 g/mol. The van der Waals surface area contributed by atoms with E-state index < -0.39 is 18.2 Å². The van der Waals surface area contributed by atoms with Crippen LogP contribution in [-0.4, -0.2) is 55.3 Å². The summed E-state index contributed by atoms with van der Waals surface area (Å²) in [6, 6.07) is 0. The Morgan fingerprint density at radius 1 is 1.00 bits per heavy atom. The molecule has 0 amide bonds. The predicted molar refractivity (Wildman–Crippen MR) is 37.0 cm³/mol. The van der Waals surface area contributed by atoms with E-state index in [-0.39, 0.29) is 23.1 Å². The van der Waals surface area contributed by atoms with Gasteiger partial charge in [-0.25, -0.2) is 4.57 Å². The van der Waals surface area contributed by atoms with Crippen LogP contribution < -0.4 is 0 Å². The van der Waals surface area contributed by atoms with Gasteiger partial charge in [0.1, 0.15) is 0 Å². The lowest BCUT2D eigenvalue weighted by Gasteiger charge is -1.82. The fraction of sp³-hybridized carbons (Fsp3) is 0. The van der Waals surface area contributed by atoms with Crippen molar-refractivity contribution in [2.24, 2.45) is 0 Å². The number of phosphoric acid groups is 1. The molecule has 0 spiro atoms. The molecule has 0 unspecified atom stereocenters. The van der Waals surface area contributed by atoms with Gasteiger partial charge in [0, 0.05) is 0 Å². The Labute approximate surface area is 78.2 Å². The third-order valence-corrected chi connectivity index (χ3v) is 0. The molecule has 0 bridgehead atoms. The summed E-state index contributed by atoms with van der Waals surface area (Å²) in [5.41, 5.74) is 0. The third-order valence-electron chi connectivity index (χ3n) is 0. The van der Waals surface area contributed by atoms with Gasteiger partial charge in [0.05, 0.1) is 0 Å². The number of hydrogen-bond donors (Lipinski definition) is 5.